The maximum atomic E-state index is 12.2. The Labute approximate surface area is 99.1 Å². The molecule has 0 rings (SSSR count). The van der Waals surface area contributed by atoms with Gasteiger partial charge in [-0.1, -0.05) is 20.8 Å². The molecule has 0 aromatic carbocycles. The van der Waals surface area contributed by atoms with Crippen LogP contribution in [0.25, 0.3) is 0 Å². The van der Waals surface area contributed by atoms with E-state index >= 15 is 0 Å². The van der Waals surface area contributed by atoms with Gasteiger partial charge >= 0.3 is 0 Å². The molecule has 0 aliphatic carbocycles. The number of ether oxygens (including phenoxy) is 1. The van der Waals surface area contributed by atoms with E-state index in [9.17, 15) is 4.79 Å². The molecule has 4 heteroatoms. The van der Waals surface area contributed by atoms with Crippen molar-refractivity contribution < 1.29 is 9.53 Å². The van der Waals surface area contributed by atoms with E-state index in [1.807, 2.05) is 34.6 Å². The van der Waals surface area contributed by atoms with Gasteiger partial charge in [-0.25, -0.2) is 0 Å². The fraction of sp³-hybridized carbons (Fsp3) is 0.917. The second kappa shape index (κ2) is 6.21. The van der Waals surface area contributed by atoms with E-state index in [2.05, 4.69) is 0 Å². The first kappa shape index (κ1) is 15.4. The number of nitrogens with two attached hydrogens (primary N) is 1. The Morgan fingerprint density at radius 1 is 1.38 bits per heavy atom. The Balaban J connectivity index is 4.61. The second-order valence-corrected chi connectivity index (χ2v) is 5.46. The summed E-state index contributed by atoms with van der Waals surface area (Å²) < 4.78 is 5.00. The van der Waals surface area contributed by atoms with Gasteiger partial charge in [0.1, 0.15) is 0 Å². The molecular formula is C12H26N2O2. The summed E-state index contributed by atoms with van der Waals surface area (Å²) in [6, 6.07) is -0.317. The number of nitrogens with zero attached hydrogens (tertiary/aromatic N) is 1. The van der Waals surface area contributed by atoms with Crippen molar-refractivity contribution in [2.45, 2.75) is 46.7 Å². The molecule has 0 spiro atoms. The van der Waals surface area contributed by atoms with Gasteiger partial charge in [0.15, 0.2) is 0 Å². The fourth-order valence-electron chi connectivity index (χ4n) is 1.36. The van der Waals surface area contributed by atoms with Gasteiger partial charge in [-0.05, 0) is 19.3 Å². The van der Waals surface area contributed by atoms with Crippen molar-refractivity contribution in [3.8, 4) is 0 Å². The van der Waals surface area contributed by atoms with Crippen LogP contribution >= 0.6 is 0 Å². The van der Waals surface area contributed by atoms with Gasteiger partial charge in [0.2, 0.25) is 5.91 Å². The first-order valence-electron chi connectivity index (χ1n) is 5.76. The number of rotatable bonds is 5. The molecule has 0 fully saturated rings. The van der Waals surface area contributed by atoms with Crippen molar-refractivity contribution in [3.63, 3.8) is 0 Å². The summed E-state index contributed by atoms with van der Waals surface area (Å²) in [6.45, 7) is 11.0. The van der Waals surface area contributed by atoms with E-state index in [1.54, 1.807) is 12.0 Å². The van der Waals surface area contributed by atoms with Gasteiger partial charge in [-0.15, -0.1) is 0 Å². The minimum atomic E-state index is -0.466. The van der Waals surface area contributed by atoms with Crippen LogP contribution in [-0.4, -0.2) is 43.2 Å². The molecule has 0 saturated heterocycles. The first-order chi connectivity index (χ1) is 7.21. The van der Waals surface area contributed by atoms with Crippen LogP contribution in [0.4, 0.5) is 0 Å². The second-order valence-electron chi connectivity index (χ2n) is 5.46. The molecule has 0 saturated carbocycles. The highest BCUT2D eigenvalue weighted by molar-refractivity contribution is 5.82. The molecule has 96 valence electrons. The molecule has 0 bridgehead atoms. The van der Waals surface area contributed by atoms with Crippen molar-refractivity contribution in [2.75, 3.05) is 20.3 Å². The van der Waals surface area contributed by atoms with Crippen LogP contribution in [-0.2, 0) is 9.53 Å². The third kappa shape index (κ3) is 4.49. The Kier molecular flexibility index (Phi) is 5.97. The molecular weight excluding hydrogens is 204 g/mol. The lowest BCUT2D eigenvalue weighted by Crippen LogP contribution is -2.53. The molecule has 0 aromatic heterocycles. The molecule has 0 radical (unpaired) electrons. The highest BCUT2D eigenvalue weighted by Crippen LogP contribution is 2.19. The predicted octanol–water partition coefficient (Wildman–Crippen LogP) is 1.24. The Bertz CT molecular complexity index is 222. The van der Waals surface area contributed by atoms with E-state index in [1.165, 1.54) is 0 Å². The summed E-state index contributed by atoms with van der Waals surface area (Å²) >= 11 is 0. The lowest BCUT2D eigenvalue weighted by Gasteiger charge is -2.34. The van der Waals surface area contributed by atoms with E-state index in [4.69, 9.17) is 10.5 Å². The number of carbonyl (C=O) groups excluding carboxylic acids is 1. The molecule has 0 aliphatic heterocycles. The monoisotopic (exact) mass is 230 g/mol. The average Bonchev–Trinajstić information content (AvgIpc) is 2.15. The lowest BCUT2D eigenvalue weighted by atomic mass is 9.86. The molecule has 4 nitrogen and oxygen atoms in total. The standard InChI is InChI=1S/C12H26N2O2/c1-9(2)14(7-8-16-6)11(15)10(13)12(3,4)5/h9-10H,7-8,13H2,1-6H3/t10-/m0/s1. The summed E-state index contributed by atoms with van der Waals surface area (Å²) in [6.07, 6.45) is 0. The van der Waals surface area contributed by atoms with Gasteiger partial charge in [-0.2, -0.15) is 0 Å². The van der Waals surface area contributed by atoms with Crippen LogP contribution in [0.1, 0.15) is 34.6 Å². The zero-order chi connectivity index (χ0) is 12.9. The third-order valence-corrected chi connectivity index (χ3v) is 2.64. The van der Waals surface area contributed by atoms with Gasteiger partial charge in [-0.3, -0.25) is 4.79 Å². The third-order valence-electron chi connectivity index (χ3n) is 2.64. The molecule has 0 aliphatic rings. The van der Waals surface area contributed by atoms with Crippen molar-refractivity contribution >= 4 is 5.91 Å². The molecule has 1 amide bonds. The summed E-state index contributed by atoms with van der Waals surface area (Å²) in [5.41, 5.74) is 5.76. The summed E-state index contributed by atoms with van der Waals surface area (Å²) in [5.74, 6) is -0.000417. The number of methoxy groups -OCH3 is 1. The maximum absolute atomic E-state index is 12.2. The number of carbonyl (C=O) groups is 1. The zero-order valence-corrected chi connectivity index (χ0v) is 11.4. The molecule has 1 atom stereocenters. The summed E-state index contributed by atoms with van der Waals surface area (Å²) in [4.78, 5) is 14.0. The normalized spacial score (nSPS) is 14.0. The summed E-state index contributed by atoms with van der Waals surface area (Å²) in [7, 11) is 1.63. The fourth-order valence-corrected chi connectivity index (χ4v) is 1.36. The highest BCUT2D eigenvalue weighted by atomic mass is 16.5. The van der Waals surface area contributed by atoms with Crippen molar-refractivity contribution in [1.29, 1.82) is 0 Å². The summed E-state index contributed by atoms with van der Waals surface area (Å²) in [5, 5.41) is 0. The molecule has 0 unspecified atom stereocenters. The SMILES string of the molecule is COCCN(C(=O)[C@H](N)C(C)(C)C)C(C)C. The Morgan fingerprint density at radius 3 is 2.19 bits per heavy atom. The Morgan fingerprint density at radius 2 is 1.88 bits per heavy atom. The highest BCUT2D eigenvalue weighted by Gasteiger charge is 2.31. The van der Waals surface area contributed by atoms with E-state index in [0.717, 1.165) is 0 Å². The zero-order valence-electron chi connectivity index (χ0n) is 11.4. The van der Waals surface area contributed by atoms with Crippen LogP contribution in [0.2, 0.25) is 0 Å². The van der Waals surface area contributed by atoms with Crippen LogP contribution in [0.15, 0.2) is 0 Å². The minimum absolute atomic E-state index is 0.000417. The molecule has 2 N–H and O–H groups in total. The van der Waals surface area contributed by atoms with Gasteiger partial charge in [0.05, 0.1) is 12.6 Å². The number of hydrogen-bond acceptors (Lipinski definition) is 3. The van der Waals surface area contributed by atoms with E-state index < -0.39 is 6.04 Å². The van der Waals surface area contributed by atoms with E-state index in [0.29, 0.717) is 13.2 Å². The number of amides is 1. The van der Waals surface area contributed by atoms with Gasteiger partial charge < -0.3 is 15.4 Å². The smallest absolute Gasteiger partial charge is 0.240 e. The minimum Gasteiger partial charge on any atom is -0.383 e. The van der Waals surface area contributed by atoms with Crippen molar-refractivity contribution in [3.05, 3.63) is 0 Å². The topological polar surface area (TPSA) is 55.6 Å². The molecule has 16 heavy (non-hydrogen) atoms. The van der Waals surface area contributed by atoms with Crippen molar-refractivity contribution in [2.24, 2.45) is 11.1 Å². The molecule has 0 heterocycles. The van der Waals surface area contributed by atoms with Gasteiger partial charge in [0.25, 0.3) is 0 Å². The Hall–Kier alpha value is -0.610. The first-order valence-corrected chi connectivity index (χ1v) is 5.76. The van der Waals surface area contributed by atoms with Crippen LogP contribution in [0, 0.1) is 5.41 Å². The molecule has 0 aromatic rings. The average molecular weight is 230 g/mol. The maximum Gasteiger partial charge on any atom is 0.240 e. The quantitative estimate of drug-likeness (QED) is 0.773. The van der Waals surface area contributed by atoms with Crippen molar-refractivity contribution in [1.82, 2.24) is 4.90 Å². The largest absolute Gasteiger partial charge is 0.383 e. The van der Waals surface area contributed by atoms with Crippen LogP contribution < -0.4 is 5.73 Å². The van der Waals surface area contributed by atoms with Crippen LogP contribution in [0.5, 0.6) is 0 Å². The van der Waals surface area contributed by atoms with Crippen LogP contribution in [0.3, 0.4) is 0 Å². The number of hydrogen-bond donors (Lipinski definition) is 1. The van der Waals surface area contributed by atoms with E-state index in [-0.39, 0.29) is 17.4 Å². The van der Waals surface area contributed by atoms with Gasteiger partial charge in [0, 0.05) is 19.7 Å². The predicted molar refractivity (Wildman–Crippen MR) is 66.2 cm³/mol. The lowest BCUT2D eigenvalue weighted by molar-refractivity contribution is -0.137.